The quantitative estimate of drug-likeness (QED) is 0.354. The summed E-state index contributed by atoms with van der Waals surface area (Å²) in [6.45, 7) is 0.139. The summed E-state index contributed by atoms with van der Waals surface area (Å²) in [5.41, 5.74) is 7.64. The second-order valence-electron chi connectivity index (χ2n) is 3.29. The van der Waals surface area contributed by atoms with E-state index in [9.17, 15) is 13.2 Å². The van der Waals surface area contributed by atoms with Crippen molar-refractivity contribution < 1.29 is 13.2 Å². The molecule has 0 radical (unpaired) electrons. The Bertz CT molecular complexity index is 367. The van der Waals surface area contributed by atoms with Gasteiger partial charge >= 0.3 is 6.18 Å². The van der Waals surface area contributed by atoms with Crippen molar-refractivity contribution in [2.75, 3.05) is 23.0 Å². The van der Waals surface area contributed by atoms with Gasteiger partial charge in [0.1, 0.15) is 11.6 Å². The highest BCUT2D eigenvalue weighted by Crippen LogP contribution is 2.21. The Morgan fingerprint density at radius 1 is 1.24 bits per heavy atom. The monoisotopic (exact) mass is 250 g/mol. The molecule has 1 aromatic rings. The molecule has 1 rings (SSSR count). The van der Waals surface area contributed by atoms with Crippen LogP contribution in [0, 0.1) is 0 Å². The van der Waals surface area contributed by atoms with Gasteiger partial charge in [0, 0.05) is 19.0 Å². The Balaban J connectivity index is 2.44. The van der Waals surface area contributed by atoms with Crippen LogP contribution in [-0.2, 0) is 0 Å². The molecule has 1 heterocycles. The third kappa shape index (κ3) is 5.20. The number of nitrogens with one attached hydrogen (secondary N) is 2. The first-order valence-electron chi connectivity index (χ1n) is 4.82. The molecule has 0 saturated carbocycles. The molecule has 6 N–H and O–H groups in total. The molecular weight excluding hydrogens is 237 g/mol. The Hall–Kier alpha value is -1.77. The molecule has 0 amide bonds. The topological polar surface area (TPSA) is 102 Å². The van der Waals surface area contributed by atoms with Crippen LogP contribution in [0.25, 0.3) is 0 Å². The molecular formula is C8H13F3N6. The summed E-state index contributed by atoms with van der Waals surface area (Å²) in [5.74, 6) is 5.73. The van der Waals surface area contributed by atoms with Crippen molar-refractivity contribution in [1.82, 2.24) is 9.97 Å². The predicted molar refractivity (Wildman–Crippen MR) is 58.0 cm³/mol. The molecule has 0 saturated heterocycles. The van der Waals surface area contributed by atoms with Crippen LogP contribution >= 0.6 is 0 Å². The fourth-order valence-corrected chi connectivity index (χ4v) is 1.14. The summed E-state index contributed by atoms with van der Waals surface area (Å²) < 4.78 is 35.6. The van der Waals surface area contributed by atoms with Gasteiger partial charge in [0.25, 0.3) is 0 Å². The SMILES string of the molecule is NNc1cc(NCCCC(F)(F)F)nc(N)n1. The van der Waals surface area contributed by atoms with Crippen LogP contribution in [0.15, 0.2) is 6.07 Å². The number of alkyl halides is 3. The molecule has 96 valence electrons. The summed E-state index contributed by atoms with van der Waals surface area (Å²) in [6, 6.07) is 1.45. The minimum Gasteiger partial charge on any atom is -0.370 e. The minimum absolute atomic E-state index is 0.0150. The molecule has 1 aromatic heterocycles. The number of nitrogens with two attached hydrogens (primary N) is 2. The van der Waals surface area contributed by atoms with Crippen LogP contribution in [0.4, 0.5) is 30.8 Å². The first-order chi connectivity index (χ1) is 7.90. The predicted octanol–water partition coefficient (Wildman–Crippen LogP) is 1.10. The third-order valence-corrected chi connectivity index (χ3v) is 1.83. The Labute approximate surface area is 95.6 Å². The number of anilines is 3. The molecule has 6 nitrogen and oxygen atoms in total. The second kappa shape index (κ2) is 5.53. The van der Waals surface area contributed by atoms with Gasteiger partial charge in [0.15, 0.2) is 0 Å². The highest BCUT2D eigenvalue weighted by molar-refractivity contribution is 5.50. The zero-order valence-electron chi connectivity index (χ0n) is 8.88. The highest BCUT2D eigenvalue weighted by atomic mass is 19.4. The van der Waals surface area contributed by atoms with E-state index in [0.717, 1.165) is 0 Å². The van der Waals surface area contributed by atoms with Crippen molar-refractivity contribution in [3.63, 3.8) is 0 Å². The molecule has 0 aromatic carbocycles. The van der Waals surface area contributed by atoms with E-state index in [2.05, 4.69) is 20.7 Å². The van der Waals surface area contributed by atoms with Gasteiger partial charge in [-0.25, -0.2) is 5.84 Å². The third-order valence-electron chi connectivity index (χ3n) is 1.83. The van der Waals surface area contributed by atoms with E-state index in [0.29, 0.717) is 5.82 Å². The van der Waals surface area contributed by atoms with Crippen molar-refractivity contribution >= 4 is 17.6 Å². The summed E-state index contributed by atoms with van der Waals surface area (Å²) in [5, 5.41) is 2.71. The van der Waals surface area contributed by atoms with Gasteiger partial charge in [-0.05, 0) is 6.42 Å². The Morgan fingerprint density at radius 3 is 2.47 bits per heavy atom. The summed E-state index contributed by atoms with van der Waals surface area (Å²) >= 11 is 0. The number of halogens is 3. The van der Waals surface area contributed by atoms with Gasteiger partial charge < -0.3 is 16.5 Å². The van der Waals surface area contributed by atoms with Gasteiger partial charge in [-0.2, -0.15) is 23.1 Å². The molecule has 0 fully saturated rings. The van der Waals surface area contributed by atoms with E-state index in [4.69, 9.17) is 11.6 Å². The van der Waals surface area contributed by atoms with Crippen LogP contribution in [0.3, 0.4) is 0 Å². The lowest BCUT2D eigenvalue weighted by Gasteiger charge is -2.09. The molecule has 0 unspecified atom stereocenters. The molecule has 0 aliphatic rings. The normalized spacial score (nSPS) is 11.3. The molecule has 9 heteroatoms. The molecule has 0 aliphatic heterocycles. The average Bonchev–Trinajstić information content (AvgIpc) is 2.22. The van der Waals surface area contributed by atoms with Crippen LogP contribution < -0.4 is 22.3 Å². The second-order valence-corrected chi connectivity index (χ2v) is 3.29. The van der Waals surface area contributed by atoms with Crippen molar-refractivity contribution in [3.8, 4) is 0 Å². The number of nitrogens with zero attached hydrogens (tertiary/aromatic N) is 2. The smallest absolute Gasteiger partial charge is 0.370 e. The Kier molecular flexibility index (Phi) is 4.32. The Morgan fingerprint density at radius 2 is 1.88 bits per heavy atom. The first kappa shape index (κ1) is 13.3. The molecule has 0 atom stereocenters. The van der Waals surface area contributed by atoms with Crippen LogP contribution in [0.1, 0.15) is 12.8 Å². The standard InChI is InChI=1S/C8H13F3N6/c9-8(10,11)2-1-3-14-5-4-6(17-13)16-7(12)15-5/h4H,1-3,13H2,(H4,12,14,15,16,17). The highest BCUT2D eigenvalue weighted by Gasteiger charge is 2.25. The lowest BCUT2D eigenvalue weighted by atomic mass is 10.3. The van der Waals surface area contributed by atoms with Crippen molar-refractivity contribution in [2.45, 2.75) is 19.0 Å². The van der Waals surface area contributed by atoms with E-state index < -0.39 is 12.6 Å². The lowest BCUT2D eigenvalue weighted by Crippen LogP contribution is -2.14. The van der Waals surface area contributed by atoms with Crippen LogP contribution in [0.5, 0.6) is 0 Å². The van der Waals surface area contributed by atoms with Gasteiger partial charge in [0.2, 0.25) is 5.95 Å². The van der Waals surface area contributed by atoms with Crippen molar-refractivity contribution in [2.24, 2.45) is 5.84 Å². The maximum absolute atomic E-state index is 11.9. The fraction of sp³-hybridized carbons (Fsp3) is 0.500. The van der Waals surface area contributed by atoms with Crippen molar-refractivity contribution in [1.29, 1.82) is 0 Å². The summed E-state index contributed by atoms with van der Waals surface area (Å²) in [4.78, 5) is 7.52. The largest absolute Gasteiger partial charge is 0.389 e. The molecule has 17 heavy (non-hydrogen) atoms. The maximum atomic E-state index is 11.9. The molecule has 0 spiro atoms. The molecule has 0 bridgehead atoms. The fourth-order valence-electron chi connectivity index (χ4n) is 1.14. The average molecular weight is 250 g/mol. The number of aromatic nitrogens is 2. The van der Waals surface area contributed by atoms with Gasteiger partial charge in [-0.15, -0.1) is 0 Å². The maximum Gasteiger partial charge on any atom is 0.389 e. The van der Waals surface area contributed by atoms with E-state index in [1.807, 2.05) is 0 Å². The van der Waals surface area contributed by atoms with E-state index in [-0.39, 0.29) is 24.7 Å². The number of nitrogen functional groups attached to an aromatic ring is 2. The zero-order chi connectivity index (χ0) is 12.9. The van der Waals surface area contributed by atoms with Gasteiger partial charge in [0.05, 0.1) is 0 Å². The number of rotatable bonds is 5. The van der Waals surface area contributed by atoms with E-state index >= 15 is 0 Å². The van der Waals surface area contributed by atoms with E-state index in [1.165, 1.54) is 6.07 Å². The number of hydrogen-bond acceptors (Lipinski definition) is 6. The lowest BCUT2D eigenvalue weighted by molar-refractivity contribution is -0.134. The van der Waals surface area contributed by atoms with Crippen LogP contribution in [0.2, 0.25) is 0 Å². The summed E-state index contributed by atoms with van der Waals surface area (Å²) in [6.07, 6.45) is -5.03. The van der Waals surface area contributed by atoms with Gasteiger partial charge in [-0.3, -0.25) is 0 Å². The number of hydrogen-bond donors (Lipinski definition) is 4. The summed E-state index contributed by atoms with van der Waals surface area (Å²) in [7, 11) is 0. The number of hydrazine groups is 1. The van der Waals surface area contributed by atoms with Crippen LogP contribution in [-0.4, -0.2) is 22.7 Å². The molecule has 0 aliphatic carbocycles. The zero-order valence-corrected chi connectivity index (χ0v) is 8.88. The van der Waals surface area contributed by atoms with Crippen molar-refractivity contribution in [3.05, 3.63) is 6.07 Å². The van der Waals surface area contributed by atoms with Gasteiger partial charge in [-0.1, -0.05) is 0 Å². The van der Waals surface area contributed by atoms with E-state index in [1.54, 1.807) is 0 Å². The first-order valence-corrected chi connectivity index (χ1v) is 4.82. The minimum atomic E-state index is -4.14.